The van der Waals surface area contributed by atoms with Gasteiger partial charge >= 0.3 is 3.12 Å². The highest BCUT2D eigenvalue weighted by molar-refractivity contribution is 8.17. The van der Waals surface area contributed by atoms with Crippen molar-refractivity contribution >= 4 is 63.1 Å². The third kappa shape index (κ3) is 4.55. The van der Waals surface area contributed by atoms with Gasteiger partial charge in [-0.15, -0.1) is 0 Å². The van der Waals surface area contributed by atoms with Gasteiger partial charge in [0, 0.05) is 0 Å². The molecule has 5 N–H and O–H groups in total. The number of hydrogen-bond donors (Lipinski definition) is 3. The monoisotopic (exact) mass is 291 g/mol. The van der Waals surface area contributed by atoms with Crippen LogP contribution in [-0.4, -0.2) is 11.5 Å². The maximum Gasteiger partial charge on any atom is 0.306 e. The largest absolute Gasteiger partial charge is 0.306 e. The van der Waals surface area contributed by atoms with Crippen LogP contribution in [0.2, 0.25) is 0 Å². The highest BCUT2D eigenvalue weighted by atomic mass is 35.6. The number of nitrogens with two attached hydrogens (primary N) is 2. The van der Waals surface area contributed by atoms with Crippen molar-refractivity contribution in [2.75, 3.05) is 0 Å². The molecule has 0 aromatic carbocycles. The lowest BCUT2D eigenvalue weighted by molar-refractivity contribution is 0.594. The lowest BCUT2D eigenvalue weighted by Gasteiger charge is -2.17. The molecule has 0 bridgehead atoms. The minimum absolute atomic E-state index is 1.69. The van der Waals surface area contributed by atoms with Gasteiger partial charge in [0.05, 0.1) is 0 Å². The average molecular weight is 293 g/mol. The van der Waals surface area contributed by atoms with E-state index in [1.807, 2.05) is 0 Å². The van der Waals surface area contributed by atoms with Gasteiger partial charge in [0.2, 0.25) is 0 Å². The van der Waals surface area contributed by atoms with Crippen molar-refractivity contribution in [3.63, 3.8) is 0 Å². The van der Waals surface area contributed by atoms with E-state index in [2.05, 4.69) is 11.8 Å². The van der Waals surface area contributed by atoms with Gasteiger partial charge in [-0.25, -0.2) is 8.42 Å². The van der Waals surface area contributed by atoms with Crippen LogP contribution in [0.4, 0.5) is 0 Å². The molecule has 0 rings (SSSR count). The van der Waals surface area contributed by atoms with Gasteiger partial charge in [0.15, 0.2) is 0 Å². The normalized spacial score (nSPS) is 14.8. The summed E-state index contributed by atoms with van der Waals surface area (Å²) < 4.78 is 21.1. The lowest BCUT2D eigenvalue weighted by atomic mass is 11.8. The third-order valence-corrected chi connectivity index (χ3v) is 5.78. The zero-order valence-corrected chi connectivity index (χ0v) is 10.2. The summed E-state index contributed by atoms with van der Waals surface area (Å²) in [5.41, 5.74) is 10.1. The second kappa shape index (κ2) is 3.84. The fraction of sp³-hybridized carbons (Fsp3) is 1.00. The second-order valence-electron chi connectivity index (χ2n) is 1.75. The SMILES string of the molecule is NP(N)(=S)NS(=O)(=O)C(Cl)(Cl)Cl. The Balaban J connectivity index is 4.83. The van der Waals surface area contributed by atoms with E-state index in [9.17, 15) is 8.42 Å². The minimum Gasteiger partial charge on any atom is -0.279 e. The number of alkyl halides is 3. The van der Waals surface area contributed by atoms with E-state index in [1.165, 1.54) is 0 Å². The first-order chi connectivity index (χ1) is 4.96. The van der Waals surface area contributed by atoms with Gasteiger partial charge in [-0.2, -0.15) is 4.49 Å². The first-order valence-electron chi connectivity index (χ1n) is 2.23. The van der Waals surface area contributed by atoms with Crippen LogP contribution in [0, 0.1) is 0 Å². The highest BCUT2D eigenvalue weighted by Crippen LogP contribution is 2.35. The van der Waals surface area contributed by atoms with Crippen LogP contribution in [0.15, 0.2) is 0 Å². The minimum atomic E-state index is -4.21. The Bertz CT molecular complexity index is 302. The molecule has 5 nitrogen and oxygen atoms in total. The van der Waals surface area contributed by atoms with Crippen LogP contribution in [0.5, 0.6) is 0 Å². The molecule has 0 unspecified atom stereocenters. The Morgan fingerprint density at radius 2 is 1.67 bits per heavy atom. The quantitative estimate of drug-likeness (QED) is 0.505. The van der Waals surface area contributed by atoms with E-state index < -0.39 is 19.6 Å². The molecule has 0 saturated carbocycles. The first kappa shape index (κ1) is 13.4. The number of sulfonamides is 1. The van der Waals surface area contributed by atoms with Crippen molar-refractivity contribution in [2.45, 2.75) is 3.12 Å². The van der Waals surface area contributed by atoms with Crippen LogP contribution < -0.4 is 15.5 Å². The first-order valence-corrected chi connectivity index (χ1v) is 7.79. The molecule has 0 aliphatic carbocycles. The van der Waals surface area contributed by atoms with Crippen molar-refractivity contribution in [1.29, 1.82) is 0 Å². The molecule has 0 fully saturated rings. The molecule has 0 radical (unpaired) electrons. The van der Waals surface area contributed by atoms with Gasteiger partial charge < -0.3 is 0 Å². The second-order valence-corrected chi connectivity index (χ2v) is 10.3. The Morgan fingerprint density at radius 3 is 1.75 bits per heavy atom. The third-order valence-electron chi connectivity index (χ3n) is 0.568. The van der Waals surface area contributed by atoms with Crippen LogP contribution in [-0.2, 0) is 21.8 Å². The summed E-state index contributed by atoms with van der Waals surface area (Å²) in [6.07, 6.45) is 0. The van der Waals surface area contributed by atoms with Gasteiger partial charge in [-0.3, -0.25) is 11.0 Å². The van der Waals surface area contributed by atoms with Gasteiger partial charge in [-0.1, -0.05) is 34.8 Å². The summed E-state index contributed by atoms with van der Waals surface area (Å²) >= 11 is 19.6. The predicted molar refractivity (Wildman–Crippen MR) is 55.0 cm³/mol. The topological polar surface area (TPSA) is 98.2 Å². The average Bonchev–Trinajstić information content (AvgIpc) is 1.52. The fourth-order valence-corrected chi connectivity index (χ4v) is 3.97. The van der Waals surface area contributed by atoms with Crippen LogP contribution in [0.1, 0.15) is 0 Å². The van der Waals surface area contributed by atoms with E-state index >= 15 is 0 Å². The summed E-state index contributed by atoms with van der Waals surface area (Å²) in [5.74, 6) is 0. The molecule has 0 aliphatic heterocycles. The van der Waals surface area contributed by atoms with Crippen molar-refractivity contribution in [3.8, 4) is 0 Å². The zero-order valence-electron chi connectivity index (χ0n) is 5.37. The van der Waals surface area contributed by atoms with Gasteiger partial charge in [0.25, 0.3) is 10.0 Å². The van der Waals surface area contributed by atoms with E-state index in [0.717, 1.165) is 0 Å². The molecule has 12 heavy (non-hydrogen) atoms. The molecule has 0 atom stereocenters. The Morgan fingerprint density at radius 1 is 1.33 bits per heavy atom. The predicted octanol–water partition coefficient (Wildman–Crippen LogP) is 0.375. The van der Waals surface area contributed by atoms with Gasteiger partial charge in [0.1, 0.15) is 6.49 Å². The number of nitrogens with one attached hydrogen (secondary N) is 1. The van der Waals surface area contributed by atoms with E-state index in [1.54, 1.807) is 4.49 Å². The van der Waals surface area contributed by atoms with E-state index in [4.69, 9.17) is 45.8 Å². The number of hydrogen-bond acceptors (Lipinski definition) is 3. The molecular formula is CH5Cl3N3O2PS2. The molecule has 0 aliphatic rings. The van der Waals surface area contributed by atoms with Crippen molar-refractivity contribution in [1.82, 2.24) is 4.49 Å². The molecule has 0 saturated heterocycles. The molecule has 11 heteroatoms. The maximum atomic E-state index is 11.0. The standard InChI is InChI=1S/CH5Cl3N3O2PS2/c2-1(3,4)12(8,9)7-10(5,6)11/h(H5,5,6,7,11). The Labute approximate surface area is 89.9 Å². The van der Waals surface area contributed by atoms with Crippen LogP contribution >= 0.6 is 41.3 Å². The molecule has 74 valence electrons. The lowest BCUT2D eigenvalue weighted by Crippen LogP contribution is -2.36. The number of rotatable bonds is 2. The Hall–Kier alpha value is 1.35. The van der Waals surface area contributed by atoms with Crippen molar-refractivity contribution in [3.05, 3.63) is 0 Å². The molecule has 0 amide bonds. The molecule has 0 spiro atoms. The summed E-state index contributed by atoms with van der Waals surface area (Å²) in [7, 11) is -4.21. The summed E-state index contributed by atoms with van der Waals surface area (Å²) in [4.78, 5) is 0. The molecular weight excluding hydrogens is 287 g/mol. The summed E-state index contributed by atoms with van der Waals surface area (Å²) in [6, 6.07) is 0. The van der Waals surface area contributed by atoms with Gasteiger partial charge in [-0.05, 0) is 11.8 Å². The molecule has 0 heterocycles. The maximum absolute atomic E-state index is 11.0. The smallest absolute Gasteiger partial charge is 0.279 e. The van der Waals surface area contributed by atoms with Crippen LogP contribution in [0.3, 0.4) is 0 Å². The van der Waals surface area contributed by atoms with Crippen molar-refractivity contribution < 1.29 is 8.42 Å². The zero-order chi connectivity index (χ0) is 10.2. The van der Waals surface area contributed by atoms with Crippen LogP contribution in [0.25, 0.3) is 0 Å². The molecule has 0 aromatic rings. The van der Waals surface area contributed by atoms with E-state index in [-0.39, 0.29) is 0 Å². The number of halogens is 3. The van der Waals surface area contributed by atoms with E-state index in [0.29, 0.717) is 0 Å². The summed E-state index contributed by atoms with van der Waals surface area (Å²) in [6.45, 7) is -3.14. The highest BCUT2D eigenvalue weighted by Gasteiger charge is 2.39. The Kier molecular flexibility index (Phi) is 4.27. The molecule has 0 aromatic heterocycles. The van der Waals surface area contributed by atoms with Crippen molar-refractivity contribution in [2.24, 2.45) is 11.0 Å². The fourth-order valence-electron chi connectivity index (χ4n) is 0.240. The summed E-state index contributed by atoms with van der Waals surface area (Å²) in [5, 5.41) is 0.